The highest BCUT2D eigenvalue weighted by Crippen LogP contribution is 2.24. The van der Waals surface area contributed by atoms with Gasteiger partial charge < -0.3 is 10.1 Å². The zero-order valence-electron chi connectivity index (χ0n) is 10.9. The Morgan fingerprint density at radius 3 is 2.90 bits per heavy atom. The lowest BCUT2D eigenvalue weighted by Gasteiger charge is -2.16. The van der Waals surface area contributed by atoms with Crippen molar-refractivity contribution in [2.75, 3.05) is 6.54 Å². The van der Waals surface area contributed by atoms with Crippen LogP contribution in [-0.4, -0.2) is 28.5 Å². The maximum Gasteiger partial charge on any atom is 0.271 e. The molecule has 1 unspecified atom stereocenters. The number of ether oxygens (including phenoxy) is 1. The van der Waals surface area contributed by atoms with E-state index in [0.717, 1.165) is 10.2 Å². The molecule has 0 aliphatic carbocycles. The molecule has 104 valence electrons. The summed E-state index contributed by atoms with van der Waals surface area (Å²) in [5.41, 5.74) is 0.292. The van der Waals surface area contributed by atoms with Gasteiger partial charge in [0.1, 0.15) is 17.5 Å². The fourth-order valence-electron chi connectivity index (χ4n) is 1.54. The number of para-hydroxylation sites is 1. The van der Waals surface area contributed by atoms with Crippen LogP contribution in [0.3, 0.4) is 0 Å². The van der Waals surface area contributed by atoms with Crippen LogP contribution in [0.4, 0.5) is 0 Å². The second-order valence-corrected chi connectivity index (χ2v) is 5.01. The van der Waals surface area contributed by atoms with Crippen molar-refractivity contribution in [3.63, 3.8) is 0 Å². The molecule has 2 rings (SSSR count). The molecule has 1 atom stereocenters. The Kier molecular flexibility index (Phi) is 5.06. The lowest BCUT2D eigenvalue weighted by atomic mass is 10.3. The average molecular weight is 336 g/mol. The Hall–Kier alpha value is -1.95. The smallest absolute Gasteiger partial charge is 0.271 e. The lowest BCUT2D eigenvalue weighted by Crippen LogP contribution is -2.34. The molecule has 0 aliphatic rings. The van der Waals surface area contributed by atoms with Crippen molar-refractivity contribution >= 4 is 21.8 Å². The van der Waals surface area contributed by atoms with Crippen LogP contribution < -0.4 is 10.1 Å². The molecule has 0 aliphatic heterocycles. The molecular formula is C14H14BrN3O2. The second kappa shape index (κ2) is 7.00. The molecule has 0 bridgehead atoms. The molecular weight excluding hydrogens is 322 g/mol. The van der Waals surface area contributed by atoms with Crippen LogP contribution in [0.5, 0.6) is 5.75 Å². The molecule has 6 heteroatoms. The highest BCUT2D eigenvalue weighted by molar-refractivity contribution is 9.10. The number of hydrogen-bond acceptors (Lipinski definition) is 4. The van der Waals surface area contributed by atoms with Gasteiger partial charge in [-0.05, 0) is 35.0 Å². The van der Waals surface area contributed by atoms with Gasteiger partial charge in [-0.25, -0.2) is 4.98 Å². The first-order valence-corrected chi connectivity index (χ1v) is 6.91. The standard InChI is InChI=1S/C14H14BrN3O2/c1-10(20-13-5-3-2-4-11(13)15)8-18-14(19)12-9-16-6-7-17-12/h2-7,9-10H,8H2,1H3,(H,18,19). The maximum absolute atomic E-state index is 11.8. The van der Waals surface area contributed by atoms with E-state index in [4.69, 9.17) is 4.74 Å². The normalized spacial score (nSPS) is 11.7. The van der Waals surface area contributed by atoms with Crippen molar-refractivity contribution in [3.05, 3.63) is 53.0 Å². The number of carbonyl (C=O) groups excluding carboxylic acids is 1. The van der Waals surface area contributed by atoms with Gasteiger partial charge in [-0.1, -0.05) is 12.1 Å². The Labute approximate surface area is 125 Å². The molecule has 0 fully saturated rings. The summed E-state index contributed by atoms with van der Waals surface area (Å²) in [6.07, 6.45) is 4.27. The third kappa shape index (κ3) is 4.03. The Bertz CT molecular complexity index is 578. The summed E-state index contributed by atoms with van der Waals surface area (Å²) >= 11 is 3.41. The zero-order valence-corrected chi connectivity index (χ0v) is 12.5. The largest absolute Gasteiger partial charge is 0.488 e. The van der Waals surface area contributed by atoms with Crippen molar-refractivity contribution in [3.8, 4) is 5.75 Å². The predicted molar refractivity (Wildman–Crippen MR) is 78.6 cm³/mol. The Morgan fingerprint density at radius 2 is 2.20 bits per heavy atom. The molecule has 0 spiro atoms. The van der Waals surface area contributed by atoms with Crippen molar-refractivity contribution in [2.45, 2.75) is 13.0 Å². The molecule has 5 nitrogen and oxygen atoms in total. The second-order valence-electron chi connectivity index (χ2n) is 4.16. The van der Waals surface area contributed by atoms with Gasteiger partial charge in [-0.3, -0.25) is 9.78 Å². The molecule has 1 heterocycles. The fraction of sp³-hybridized carbons (Fsp3) is 0.214. The molecule has 1 aromatic heterocycles. The summed E-state index contributed by atoms with van der Waals surface area (Å²) in [6.45, 7) is 2.27. The zero-order chi connectivity index (χ0) is 14.4. The maximum atomic E-state index is 11.8. The number of hydrogen-bond donors (Lipinski definition) is 1. The first kappa shape index (κ1) is 14.5. The SMILES string of the molecule is CC(CNC(=O)c1cnccn1)Oc1ccccc1Br. The van der Waals surface area contributed by atoms with Crippen LogP contribution in [0.25, 0.3) is 0 Å². The van der Waals surface area contributed by atoms with Crippen LogP contribution in [0, 0.1) is 0 Å². The molecule has 0 saturated heterocycles. The van der Waals surface area contributed by atoms with E-state index in [2.05, 4.69) is 31.2 Å². The number of aromatic nitrogens is 2. The van der Waals surface area contributed by atoms with E-state index in [1.165, 1.54) is 18.6 Å². The van der Waals surface area contributed by atoms with E-state index in [0.29, 0.717) is 12.2 Å². The van der Waals surface area contributed by atoms with E-state index >= 15 is 0 Å². The van der Waals surface area contributed by atoms with Gasteiger partial charge in [-0.15, -0.1) is 0 Å². The minimum atomic E-state index is -0.263. The molecule has 1 amide bonds. The first-order valence-electron chi connectivity index (χ1n) is 6.12. The van der Waals surface area contributed by atoms with Crippen LogP contribution >= 0.6 is 15.9 Å². The third-order valence-electron chi connectivity index (χ3n) is 2.51. The monoisotopic (exact) mass is 335 g/mol. The number of carbonyl (C=O) groups is 1. The summed E-state index contributed by atoms with van der Waals surface area (Å²) in [5.74, 6) is 0.481. The van der Waals surface area contributed by atoms with Crippen LogP contribution in [0.1, 0.15) is 17.4 Å². The predicted octanol–water partition coefficient (Wildman–Crippen LogP) is 2.44. The molecule has 0 radical (unpaired) electrons. The van der Waals surface area contributed by atoms with E-state index in [9.17, 15) is 4.79 Å². The van der Waals surface area contributed by atoms with Gasteiger partial charge in [-0.2, -0.15) is 0 Å². The molecule has 1 aromatic carbocycles. The van der Waals surface area contributed by atoms with Gasteiger partial charge in [0.05, 0.1) is 17.2 Å². The number of amides is 1. The van der Waals surface area contributed by atoms with E-state index < -0.39 is 0 Å². The number of nitrogens with one attached hydrogen (secondary N) is 1. The number of rotatable bonds is 5. The summed E-state index contributed by atoms with van der Waals surface area (Å²) in [6, 6.07) is 7.58. The number of halogens is 1. The van der Waals surface area contributed by atoms with Crippen LogP contribution in [0.15, 0.2) is 47.3 Å². The lowest BCUT2D eigenvalue weighted by molar-refractivity contribution is 0.0926. The minimum absolute atomic E-state index is 0.158. The topological polar surface area (TPSA) is 64.1 Å². The van der Waals surface area contributed by atoms with E-state index in [-0.39, 0.29) is 12.0 Å². The van der Waals surface area contributed by atoms with Gasteiger partial charge in [0, 0.05) is 12.4 Å². The molecule has 1 N–H and O–H groups in total. The van der Waals surface area contributed by atoms with Crippen molar-refractivity contribution in [2.24, 2.45) is 0 Å². The highest BCUT2D eigenvalue weighted by Gasteiger charge is 2.10. The number of nitrogens with zero attached hydrogens (tertiary/aromatic N) is 2. The van der Waals surface area contributed by atoms with E-state index in [1.807, 2.05) is 31.2 Å². The third-order valence-corrected chi connectivity index (χ3v) is 3.17. The minimum Gasteiger partial charge on any atom is -0.488 e. The van der Waals surface area contributed by atoms with Crippen molar-refractivity contribution in [1.29, 1.82) is 0 Å². The van der Waals surface area contributed by atoms with Crippen molar-refractivity contribution in [1.82, 2.24) is 15.3 Å². The molecule has 0 saturated carbocycles. The molecule has 20 heavy (non-hydrogen) atoms. The van der Waals surface area contributed by atoms with Crippen LogP contribution in [0.2, 0.25) is 0 Å². The van der Waals surface area contributed by atoms with Crippen molar-refractivity contribution < 1.29 is 9.53 Å². The van der Waals surface area contributed by atoms with Gasteiger partial charge in [0.25, 0.3) is 5.91 Å². The Balaban J connectivity index is 1.85. The van der Waals surface area contributed by atoms with Crippen LogP contribution in [-0.2, 0) is 0 Å². The number of benzene rings is 1. The van der Waals surface area contributed by atoms with Gasteiger partial charge in [0.15, 0.2) is 0 Å². The fourth-order valence-corrected chi connectivity index (χ4v) is 1.92. The summed E-state index contributed by atoms with van der Waals surface area (Å²) < 4.78 is 6.62. The summed E-state index contributed by atoms with van der Waals surface area (Å²) in [4.78, 5) is 19.6. The summed E-state index contributed by atoms with van der Waals surface area (Å²) in [7, 11) is 0. The Morgan fingerprint density at radius 1 is 1.40 bits per heavy atom. The first-order chi connectivity index (χ1) is 9.66. The molecule has 2 aromatic rings. The summed E-state index contributed by atoms with van der Waals surface area (Å²) in [5, 5.41) is 2.76. The highest BCUT2D eigenvalue weighted by atomic mass is 79.9. The van der Waals surface area contributed by atoms with Gasteiger partial charge >= 0.3 is 0 Å². The quantitative estimate of drug-likeness (QED) is 0.911. The van der Waals surface area contributed by atoms with E-state index in [1.54, 1.807) is 0 Å². The van der Waals surface area contributed by atoms with Gasteiger partial charge in [0.2, 0.25) is 0 Å². The average Bonchev–Trinajstić information content (AvgIpc) is 2.48.